The van der Waals surface area contributed by atoms with Crippen molar-refractivity contribution < 1.29 is 23.8 Å². The lowest BCUT2D eigenvalue weighted by Crippen LogP contribution is -2.23. The maximum atomic E-state index is 13.2. The van der Waals surface area contributed by atoms with Crippen LogP contribution in [0.3, 0.4) is 0 Å². The largest absolute Gasteiger partial charge is 0.496 e. The van der Waals surface area contributed by atoms with Gasteiger partial charge in [0.05, 0.1) is 31.1 Å². The number of ether oxygens (including phenoxy) is 3. The van der Waals surface area contributed by atoms with Crippen molar-refractivity contribution in [1.29, 1.82) is 0 Å². The van der Waals surface area contributed by atoms with Crippen LogP contribution in [0.1, 0.15) is 17.3 Å². The summed E-state index contributed by atoms with van der Waals surface area (Å²) < 4.78 is 18.6. The van der Waals surface area contributed by atoms with Crippen molar-refractivity contribution in [3.8, 4) is 11.5 Å². The fourth-order valence-electron chi connectivity index (χ4n) is 3.53. The van der Waals surface area contributed by atoms with Crippen LogP contribution in [0, 0.1) is 0 Å². The minimum absolute atomic E-state index is 0.0881. The van der Waals surface area contributed by atoms with Gasteiger partial charge in [-0.05, 0) is 42.0 Å². The SMILES string of the molecule is CCOC(=O)Cn1c(=NC(=O)c2cc3ccccc3cc2OC)sc2cccc(OC)c21. The Labute approximate surface area is 188 Å². The highest BCUT2D eigenvalue weighted by molar-refractivity contribution is 7.16. The Balaban J connectivity index is 1.89. The number of amides is 1. The number of rotatable bonds is 6. The van der Waals surface area contributed by atoms with E-state index in [0.717, 1.165) is 15.5 Å². The molecule has 0 aliphatic heterocycles. The van der Waals surface area contributed by atoms with E-state index in [-0.39, 0.29) is 13.2 Å². The van der Waals surface area contributed by atoms with Crippen molar-refractivity contribution in [2.45, 2.75) is 13.5 Å². The van der Waals surface area contributed by atoms with Gasteiger partial charge in [-0.1, -0.05) is 41.7 Å². The van der Waals surface area contributed by atoms with Crippen molar-refractivity contribution in [1.82, 2.24) is 4.57 Å². The van der Waals surface area contributed by atoms with Gasteiger partial charge in [0, 0.05) is 0 Å². The van der Waals surface area contributed by atoms with Crippen LogP contribution in [0.2, 0.25) is 0 Å². The van der Waals surface area contributed by atoms with Gasteiger partial charge in [-0.2, -0.15) is 4.99 Å². The van der Waals surface area contributed by atoms with Gasteiger partial charge in [0.2, 0.25) is 0 Å². The summed E-state index contributed by atoms with van der Waals surface area (Å²) in [5, 5.41) is 1.87. The summed E-state index contributed by atoms with van der Waals surface area (Å²) in [6, 6.07) is 16.8. The smallest absolute Gasteiger partial charge is 0.326 e. The zero-order chi connectivity index (χ0) is 22.7. The summed E-state index contributed by atoms with van der Waals surface area (Å²) in [5.74, 6) is 0.138. The average Bonchev–Trinajstić information content (AvgIpc) is 3.15. The molecule has 1 aromatic heterocycles. The fraction of sp³-hybridized carbons (Fsp3) is 0.208. The highest BCUT2D eigenvalue weighted by atomic mass is 32.1. The fourth-order valence-corrected chi connectivity index (χ4v) is 4.58. The minimum Gasteiger partial charge on any atom is -0.496 e. The first kappa shape index (κ1) is 21.6. The van der Waals surface area contributed by atoms with Crippen LogP contribution >= 0.6 is 11.3 Å². The summed E-state index contributed by atoms with van der Waals surface area (Å²) in [6.07, 6.45) is 0. The molecule has 0 saturated carbocycles. The summed E-state index contributed by atoms with van der Waals surface area (Å²) in [6.45, 7) is 1.92. The van der Waals surface area contributed by atoms with Crippen molar-refractivity contribution in [3.63, 3.8) is 0 Å². The van der Waals surface area contributed by atoms with Gasteiger partial charge < -0.3 is 18.8 Å². The van der Waals surface area contributed by atoms with Gasteiger partial charge in [-0.3, -0.25) is 9.59 Å². The molecule has 0 atom stereocenters. The number of methoxy groups -OCH3 is 2. The molecule has 0 unspecified atom stereocenters. The molecule has 0 spiro atoms. The molecule has 0 aliphatic carbocycles. The normalized spacial score (nSPS) is 11.7. The van der Waals surface area contributed by atoms with E-state index in [4.69, 9.17) is 14.2 Å². The van der Waals surface area contributed by atoms with E-state index < -0.39 is 11.9 Å². The van der Waals surface area contributed by atoms with Gasteiger partial charge in [-0.15, -0.1) is 0 Å². The van der Waals surface area contributed by atoms with Gasteiger partial charge >= 0.3 is 5.97 Å². The summed E-state index contributed by atoms with van der Waals surface area (Å²) in [7, 11) is 3.08. The Hall–Kier alpha value is -3.65. The van der Waals surface area contributed by atoms with Crippen LogP contribution in [0.25, 0.3) is 21.0 Å². The number of esters is 1. The number of para-hydroxylation sites is 1. The Morgan fingerprint density at radius 2 is 1.69 bits per heavy atom. The number of fused-ring (bicyclic) bond motifs is 2. The second kappa shape index (κ2) is 9.23. The van der Waals surface area contributed by atoms with Crippen molar-refractivity contribution in [2.24, 2.45) is 4.99 Å². The Morgan fingerprint density at radius 1 is 0.969 bits per heavy atom. The molecule has 0 radical (unpaired) electrons. The third-order valence-electron chi connectivity index (χ3n) is 4.97. The molecule has 0 fully saturated rings. The number of aromatic nitrogens is 1. The Bertz CT molecular complexity index is 1390. The summed E-state index contributed by atoms with van der Waals surface area (Å²) in [4.78, 5) is 30.3. The Kier molecular flexibility index (Phi) is 6.23. The lowest BCUT2D eigenvalue weighted by atomic mass is 10.1. The third kappa shape index (κ3) is 4.09. The second-order valence-electron chi connectivity index (χ2n) is 6.90. The van der Waals surface area contributed by atoms with Crippen LogP contribution in [0.15, 0.2) is 59.6 Å². The van der Waals surface area contributed by atoms with Gasteiger partial charge in [0.1, 0.15) is 23.6 Å². The molecule has 0 aliphatic rings. The molecule has 4 aromatic rings. The lowest BCUT2D eigenvalue weighted by molar-refractivity contribution is -0.143. The first-order valence-corrected chi connectivity index (χ1v) is 10.8. The summed E-state index contributed by atoms with van der Waals surface area (Å²) in [5.41, 5.74) is 1.03. The molecule has 8 heteroatoms. The molecule has 32 heavy (non-hydrogen) atoms. The predicted octanol–water partition coefficient (Wildman–Crippen LogP) is 4.18. The highest BCUT2D eigenvalue weighted by Gasteiger charge is 2.18. The maximum Gasteiger partial charge on any atom is 0.326 e. The first-order valence-electron chi connectivity index (χ1n) is 10.0. The third-order valence-corrected chi connectivity index (χ3v) is 6.02. The molecule has 3 aromatic carbocycles. The molecule has 0 saturated heterocycles. The molecule has 0 bridgehead atoms. The topological polar surface area (TPSA) is 79.1 Å². The van der Waals surface area contributed by atoms with Crippen molar-refractivity contribution in [2.75, 3.05) is 20.8 Å². The molecule has 1 amide bonds. The van der Waals surface area contributed by atoms with E-state index >= 15 is 0 Å². The molecular formula is C24H22N2O5S. The number of carbonyl (C=O) groups is 2. The van der Waals surface area contributed by atoms with E-state index in [0.29, 0.717) is 27.4 Å². The van der Waals surface area contributed by atoms with Gasteiger partial charge in [-0.25, -0.2) is 0 Å². The van der Waals surface area contributed by atoms with E-state index in [1.165, 1.54) is 18.4 Å². The average molecular weight is 451 g/mol. The van der Waals surface area contributed by atoms with Crippen molar-refractivity contribution in [3.05, 3.63) is 65.0 Å². The Morgan fingerprint density at radius 3 is 2.38 bits per heavy atom. The van der Waals surface area contributed by atoms with Crippen LogP contribution in [0.5, 0.6) is 11.5 Å². The quantitative estimate of drug-likeness (QED) is 0.412. The highest BCUT2D eigenvalue weighted by Crippen LogP contribution is 2.29. The zero-order valence-electron chi connectivity index (χ0n) is 18.0. The van der Waals surface area contributed by atoms with Crippen LogP contribution in [-0.2, 0) is 16.1 Å². The molecule has 7 nitrogen and oxygen atoms in total. The number of nitrogens with zero attached hydrogens (tertiary/aromatic N) is 2. The van der Waals surface area contributed by atoms with Crippen molar-refractivity contribution >= 4 is 44.2 Å². The number of thiazole rings is 1. The van der Waals surface area contributed by atoms with E-state index in [2.05, 4.69) is 4.99 Å². The van der Waals surface area contributed by atoms with Gasteiger partial charge in [0.15, 0.2) is 4.80 Å². The number of hydrogen-bond acceptors (Lipinski definition) is 6. The molecule has 0 N–H and O–H groups in total. The predicted molar refractivity (Wildman–Crippen MR) is 123 cm³/mol. The molecular weight excluding hydrogens is 428 g/mol. The zero-order valence-corrected chi connectivity index (χ0v) is 18.8. The van der Waals surface area contributed by atoms with Crippen LogP contribution in [-0.4, -0.2) is 37.3 Å². The minimum atomic E-state index is -0.462. The molecule has 1 heterocycles. The van der Waals surface area contributed by atoms with Crippen LogP contribution in [0.4, 0.5) is 0 Å². The number of hydrogen-bond donors (Lipinski definition) is 0. The first-order chi connectivity index (χ1) is 15.5. The van der Waals surface area contributed by atoms with Crippen LogP contribution < -0.4 is 14.3 Å². The van der Waals surface area contributed by atoms with E-state index in [1.54, 1.807) is 30.7 Å². The monoisotopic (exact) mass is 450 g/mol. The van der Waals surface area contributed by atoms with E-state index in [9.17, 15) is 9.59 Å². The summed E-state index contributed by atoms with van der Waals surface area (Å²) >= 11 is 1.30. The molecule has 4 rings (SSSR count). The number of carbonyl (C=O) groups excluding carboxylic acids is 2. The number of benzene rings is 3. The maximum absolute atomic E-state index is 13.2. The molecule has 164 valence electrons. The van der Waals surface area contributed by atoms with Gasteiger partial charge in [0.25, 0.3) is 5.91 Å². The second-order valence-corrected chi connectivity index (χ2v) is 7.91. The lowest BCUT2D eigenvalue weighted by Gasteiger charge is -2.09. The standard InChI is InChI=1S/C24H22N2O5S/c1-4-31-21(27)14-26-22-18(29-2)10-7-11-20(22)32-24(26)25-23(28)17-12-15-8-5-6-9-16(15)13-19(17)30-3/h5-13H,4,14H2,1-3H3. The van der Waals surface area contributed by atoms with E-state index in [1.807, 2.05) is 42.5 Å².